The Kier molecular flexibility index (Phi) is 7.81. The molecule has 0 aromatic carbocycles. The van der Waals surface area contributed by atoms with Crippen LogP contribution in [0.3, 0.4) is 0 Å². The zero-order chi connectivity index (χ0) is 13.6. The zero-order valence-electron chi connectivity index (χ0n) is 12.7. The molecule has 1 saturated carbocycles. The van der Waals surface area contributed by atoms with Crippen molar-refractivity contribution in [1.29, 1.82) is 0 Å². The number of morpholine rings is 1. The van der Waals surface area contributed by atoms with Crippen LogP contribution in [0.2, 0.25) is 0 Å². The molecule has 1 aliphatic carbocycles. The molecular weight excluding hydrogens is 365 g/mol. The second kappa shape index (κ2) is 8.57. The molecule has 3 nitrogen and oxygen atoms in total. The van der Waals surface area contributed by atoms with E-state index in [4.69, 9.17) is 4.74 Å². The quantitative estimate of drug-likeness (QED) is 0.377. The number of hydrogen-bond acceptors (Lipinski definition) is 2. The summed E-state index contributed by atoms with van der Waals surface area (Å²) in [5.41, 5.74) is -0.694. The van der Waals surface area contributed by atoms with Crippen LogP contribution >= 0.6 is 0 Å². The summed E-state index contributed by atoms with van der Waals surface area (Å²) in [7, 11) is 0. The summed E-state index contributed by atoms with van der Waals surface area (Å²) in [6, 6.07) is 0. The summed E-state index contributed by atoms with van der Waals surface area (Å²) in [5.74, 6) is 6.49. The van der Waals surface area contributed by atoms with E-state index in [2.05, 4.69) is 18.8 Å². The number of halogens is 1. The van der Waals surface area contributed by atoms with Crippen molar-refractivity contribution in [1.82, 2.24) is 0 Å². The fourth-order valence-corrected chi connectivity index (χ4v) is 3.30. The predicted octanol–water partition coefficient (Wildman–Crippen LogP) is -1.05. The molecule has 1 heterocycles. The van der Waals surface area contributed by atoms with Crippen molar-refractivity contribution >= 4 is 0 Å². The third-order valence-electron chi connectivity index (χ3n) is 4.53. The minimum absolute atomic E-state index is 0. The van der Waals surface area contributed by atoms with E-state index in [1.54, 1.807) is 0 Å². The zero-order valence-corrected chi connectivity index (χ0v) is 14.8. The van der Waals surface area contributed by atoms with E-state index in [-0.39, 0.29) is 24.0 Å². The van der Waals surface area contributed by atoms with E-state index in [1.807, 2.05) is 0 Å². The van der Waals surface area contributed by atoms with Gasteiger partial charge < -0.3 is 38.3 Å². The molecule has 0 aromatic rings. The SMILES string of the molecule is CCC[N+]1(CC#CC2(O)CCCCC2)CCOCC1.[I-]. The van der Waals surface area contributed by atoms with Crippen LogP contribution in [-0.4, -0.2) is 54.6 Å². The first kappa shape index (κ1) is 18.2. The molecule has 20 heavy (non-hydrogen) atoms. The van der Waals surface area contributed by atoms with E-state index >= 15 is 0 Å². The molecule has 0 bridgehead atoms. The van der Waals surface area contributed by atoms with Crippen molar-refractivity contribution < 1.29 is 38.3 Å². The number of quaternary nitrogens is 1. The summed E-state index contributed by atoms with van der Waals surface area (Å²) in [5, 5.41) is 10.4. The maximum atomic E-state index is 10.4. The smallest absolute Gasteiger partial charge is 0.141 e. The van der Waals surface area contributed by atoms with Gasteiger partial charge in [-0.25, -0.2) is 0 Å². The Morgan fingerprint density at radius 2 is 1.80 bits per heavy atom. The van der Waals surface area contributed by atoms with Crippen molar-refractivity contribution in [2.24, 2.45) is 0 Å². The highest BCUT2D eigenvalue weighted by atomic mass is 127. The Hall–Kier alpha value is 0.170. The van der Waals surface area contributed by atoms with Gasteiger partial charge in [-0.1, -0.05) is 19.3 Å². The van der Waals surface area contributed by atoms with Gasteiger partial charge in [0.25, 0.3) is 0 Å². The lowest BCUT2D eigenvalue weighted by atomic mass is 9.85. The molecule has 0 radical (unpaired) electrons. The van der Waals surface area contributed by atoms with Crippen molar-refractivity contribution in [3.8, 4) is 11.8 Å². The predicted molar refractivity (Wildman–Crippen MR) is 76.6 cm³/mol. The first-order valence-corrected chi connectivity index (χ1v) is 7.83. The van der Waals surface area contributed by atoms with E-state index in [0.717, 1.165) is 63.0 Å². The van der Waals surface area contributed by atoms with Gasteiger partial charge in [0, 0.05) is 0 Å². The number of hydrogen-bond donors (Lipinski definition) is 1. The average Bonchev–Trinajstić information content (AvgIpc) is 2.40. The van der Waals surface area contributed by atoms with Crippen LogP contribution in [0.1, 0.15) is 45.4 Å². The van der Waals surface area contributed by atoms with Gasteiger partial charge in [0.2, 0.25) is 0 Å². The molecule has 116 valence electrons. The fraction of sp³-hybridized carbons (Fsp3) is 0.875. The molecular formula is C16H28INO2. The average molecular weight is 393 g/mol. The highest BCUT2D eigenvalue weighted by Crippen LogP contribution is 2.27. The number of ether oxygens (including phenoxy) is 1. The Labute approximate surface area is 140 Å². The van der Waals surface area contributed by atoms with Crippen LogP contribution in [-0.2, 0) is 4.74 Å². The van der Waals surface area contributed by atoms with Crippen LogP contribution in [0, 0.1) is 11.8 Å². The molecule has 2 aliphatic rings. The van der Waals surface area contributed by atoms with Gasteiger partial charge in [-0.3, -0.25) is 0 Å². The first-order chi connectivity index (χ1) is 9.18. The van der Waals surface area contributed by atoms with Gasteiger partial charge in [-0.15, -0.1) is 0 Å². The van der Waals surface area contributed by atoms with Crippen molar-refractivity contribution in [2.45, 2.75) is 51.0 Å². The second-order valence-corrected chi connectivity index (χ2v) is 6.18. The van der Waals surface area contributed by atoms with Crippen LogP contribution < -0.4 is 24.0 Å². The summed E-state index contributed by atoms with van der Waals surface area (Å²) in [6.07, 6.45) is 6.39. The van der Waals surface area contributed by atoms with Gasteiger partial charge in [-0.2, -0.15) is 0 Å². The van der Waals surface area contributed by atoms with E-state index in [1.165, 1.54) is 19.4 Å². The highest BCUT2D eigenvalue weighted by molar-refractivity contribution is 5.14. The molecule has 1 N–H and O–H groups in total. The lowest BCUT2D eigenvalue weighted by Crippen LogP contribution is -3.00. The molecule has 0 unspecified atom stereocenters. The second-order valence-electron chi connectivity index (χ2n) is 6.18. The number of aliphatic hydroxyl groups is 1. The lowest BCUT2D eigenvalue weighted by Gasteiger charge is -2.39. The highest BCUT2D eigenvalue weighted by Gasteiger charge is 2.30. The summed E-state index contributed by atoms with van der Waals surface area (Å²) in [4.78, 5) is 0. The maximum Gasteiger partial charge on any atom is 0.141 e. The number of nitrogens with zero attached hydrogens (tertiary/aromatic N) is 1. The van der Waals surface area contributed by atoms with E-state index < -0.39 is 5.60 Å². The summed E-state index contributed by atoms with van der Waals surface area (Å²) < 4.78 is 6.53. The Morgan fingerprint density at radius 3 is 2.40 bits per heavy atom. The molecule has 2 rings (SSSR count). The van der Waals surface area contributed by atoms with Crippen LogP contribution in [0.4, 0.5) is 0 Å². The Bertz CT molecular complexity index is 331. The van der Waals surface area contributed by atoms with Gasteiger partial charge in [0.15, 0.2) is 0 Å². The number of rotatable bonds is 3. The van der Waals surface area contributed by atoms with Gasteiger partial charge in [0.05, 0.1) is 19.8 Å². The molecule has 2 fully saturated rings. The molecule has 0 amide bonds. The third-order valence-corrected chi connectivity index (χ3v) is 4.53. The Balaban J connectivity index is 0.00000200. The van der Waals surface area contributed by atoms with E-state index in [9.17, 15) is 5.11 Å². The fourth-order valence-electron chi connectivity index (χ4n) is 3.30. The molecule has 0 aromatic heterocycles. The van der Waals surface area contributed by atoms with Crippen LogP contribution in [0.15, 0.2) is 0 Å². The van der Waals surface area contributed by atoms with Crippen LogP contribution in [0.5, 0.6) is 0 Å². The van der Waals surface area contributed by atoms with Crippen molar-refractivity contribution in [2.75, 3.05) is 39.4 Å². The largest absolute Gasteiger partial charge is 1.00 e. The van der Waals surface area contributed by atoms with Gasteiger partial charge in [-0.05, 0) is 38.0 Å². The molecule has 0 spiro atoms. The lowest BCUT2D eigenvalue weighted by molar-refractivity contribution is -0.928. The minimum atomic E-state index is -0.694. The maximum absolute atomic E-state index is 10.4. The van der Waals surface area contributed by atoms with Crippen molar-refractivity contribution in [3.05, 3.63) is 0 Å². The third kappa shape index (κ3) is 5.18. The molecule has 4 heteroatoms. The Morgan fingerprint density at radius 1 is 1.15 bits per heavy atom. The minimum Gasteiger partial charge on any atom is -1.00 e. The van der Waals surface area contributed by atoms with E-state index in [0.29, 0.717) is 0 Å². The summed E-state index contributed by atoms with van der Waals surface area (Å²) in [6.45, 7) is 8.13. The van der Waals surface area contributed by atoms with Gasteiger partial charge >= 0.3 is 0 Å². The van der Waals surface area contributed by atoms with Crippen molar-refractivity contribution in [3.63, 3.8) is 0 Å². The monoisotopic (exact) mass is 393 g/mol. The topological polar surface area (TPSA) is 29.5 Å². The molecule has 0 atom stereocenters. The normalized spacial score (nSPS) is 24.1. The standard InChI is InChI=1S/C16H28NO2.HI/c1-2-10-17(12-14-19-15-13-17)11-6-9-16(18)7-4-3-5-8-16;/h18H,2-5,7-8,10-15H2,1H3;1H/q+1;/p-1. The molecule has 1 saturated heterocycles. The first-order valence-electron chi connectivity index (χ1n) is 7.83. The molecule has 1 aliphatic heterocycles. The van der Waals surface area contributed by atoms with Gasteiger partial charge in [0.1, 0.15) is 25.2 Å². The summed E-state index contributed by atoms with van der Waals surface area (Å²) >= 11 is 0. The van der Waals surface area contributed by atoms with Crippen LogP contribution in [0.25, 0.3) is 0 Å².